The van der Waals surface area contributed by atoms with Crippen LogP contribution in [-0.4, -0.2) is 42.6 Å². The van der Waals surface area contributed by atoms with Crippen LogP contribution in [0.25, 0.3) is 0 Å². The molecule has 21 heavy (non-hydrogen) atoms. The SMILES string of the molecule is Cn1ncnc1CN1C(=O)C2(CCCC2)NC(=O)C1(C)C. The molecule has 2 fully saturated rings. The first kappa shape index (κ1) is 14.0. The summed E-state index contributed by atoms with van der Waals surface area (Å²) in [4.78, 5) is 31.3. The minimum Gasteiger partial charge on any atom is -0.340 e. The van der Waals surface area contributed by atoms with Crippen molar-refractivity contribution in [3.05, 3.63) is 12.2 Å². The molecule has 1 saturated carbocycles. The van der Waals surface area contributed by atoms with Crippen LogP contribution in [-0.2, 0) is 23.2 Å². The van der Waals surface area contributed by atoms with Gasteiger partial charge in [0.25, 0.3) is 0 Å². The fourth-order valence-corrected chi connectivity index (χ4v) is 3.25. The van der Waals surface area contributed by atoms with E-state index in [1.54, 1.807) is 30.5 Å². The van der Waals surface area contributed by atoms with Gasteiger partial charge < -0.3 is 10.2 Å². The van der Waals surface area contributed by atoms with E-state index in [2.05, 4.69) is 15.4 Å². The minimum absolute atomic E-state index is 0.00704. The molecule has 0 bridgehead atoms. The lowest BCUT2D eigenvalue weighted by Gasteiger charge is -2.48. The third-order valence-electron chi connectivity index (χ3n) is 4.80. The summed E-state index contributed by atoms with van der Waals surface area (Å²) < 4.78 is 1.64. The van der Waals surface area contributed by atoms with E-state index in [0.717, 1.165) is 25.7 Å². The highest BCUT2D eigenvalue weighted by atomic mass is 16.2. The zero-order valence-corrected chi connectivity index (χ0v) is 12.7. The van der Waals surface area contributed by atoms with Crippen molar-refractivity contribution >= 4 is 11.8 Å². The van der Waals surface area contributed by atoms with Gasteiger partial charge in [-0.05, 0) is 26.7 Å². The summed E-state index contributed by atoms with van der Waals surface area (Å²) in [6.07, 6.45) is 4.86. The van der Waals surface area contributed by atoms with Crippen LogP contribution in [0.5, 0.6) is 0 Å². The van der Waals surface area contributed by atoms with Crippen LogP contribution in [0.1, 0.15) is 45.4 Å². The first-order chi connectivity index (χ1) is 9.87. The molecular weight excluding hydrogens is 270 g/mol. The molecule has 2 aliphatic rings. The number of nitrogens with zero attached hydrogens (tertiary/aromatic N) is 4. The summed E-state index contributed by atoms with van der Waals surface area (Å²) in [5.74, 6) is 0.595. The van der Waals surface area contributed by atoms with Gasteiger partial charge in [0.15, 0.2) is 0 Å². The van der Waals surface area contributed by atoms with Crippen molar-refractivity contribution in [2.75, 3.05) is 0 Å². The largest absolute Gasteiger partial charge is 0.340 e. The Hall–Kier alpha value is -1.92. The second-order valence-electron chi connectivity index (χ2n) is 6.49. The highest BCUT2D eigenvalue weighted by Gasteiger charge is 2.55. The van der Waals surface area contributed by atoms with Gasteiger partial charge in [0.2, 0.25) is 11.8 Å². The molecule has 1 aromatic heterocycles. The van der Waals surface area contributed by atoms with Crippen molar-refractivity contribution < 1.29 is 9.59 Å². The zero-order chi connectivity index (χ0) is 15.3. The average Bonchev–Trinajstić information content (AvgIpc) is 3.04. The number of nitrogens with one attached hydrogen (secondary N) is 1. The first-order valence-corrected chi connectivity index (χ1v) is 7.34. The van der Waals surface area contributed by atoms with E-state index >= 15 is 0 Å². The molecule has 2 amide bonds. The Labute approximate surface area is 123 Å². The molecule has 1 spiro atoms. The molecular formula is C14H21N5O2. The number of piperazine rings is 1. The average molecular weight is 291 g/mol. The maximum atomic E-state index is 13.0. The van der Waals surface area contributed by atoms with Gasteiger partial charge in [-0.1, -0.05) is 12.8 Å². The molecule has 1 aromatic rings. The molecule has 114 valence electrons. The zero-order valence-electron chi connectivity index (χ0n) is 12.7. The smallest absolute Gasteiger partial charge is 0.249 e. The number of hydrogen-bond acceptors (Lipinski definition) is 4. The van der Waals surface area contributed by atoms with Gasteiger partial charge in [-0.2, -0.15) is 5.10 Å². The standard InChI is InChI=1S/C14H21N5O2/c1-13(2)11(20)17-14(6-4-5-7-14)12(21)19(13)8-10-15-9-16-18(10)3/h9H,4-8H2,1-3H3,(H,17,20). The number of hydrogen-bond donors (Lipinski definition) is 1. The summed E-state index contributed by atoms with van der Waals surface area (Å²) in [6.45, 7) is 3.86. The van der Waals surface area contributed by atoms with Crippen molar-refractivity contribution in [3.8, 4) is 0 Å². The van der Waals surface area contributed by atoms with E-state index in [1.807, 2.05) is 0 Å². The number of aryl methyl sites for hydroxylation is 1. The predicted molar refractivity (Wildman–Crippen MR) is 75.0 cm³/mol. The van der Waals surface area contributed by atoms with Gasteiger partial charge in [-0.3, -0.25) is 14.3 Å². The molecule has 1 saturated heterocycles. The van der Waals surface area contributed by atoms with Gasteiger partial charge in [-0.25, -0.2) is 4.98 Å². The predicted octanol–water partition coefficient (Wildman–Crippen LogP) is 0.365. The van der Waals surface area contributed by atoms with E-state index in [1.165, 1.54) is 6.33 Å². The van der Waals surface area contributed by atoms with E-state index in [-0.39, 0.29) is 11.8 Å². The quantitative estimate of drug-likeness (QED) is 0.853. The summed E-state index contributed by atoms with van der Waals surface area (Å²) in [7, 11) is 1.79. The lowest BCUT2D eigenvalue weighted by Crippen LogP contribution is -2.73. The van der Waals surface area contributed by atoms with E-state index in [9.17, 15) is 9.59 Å². The van der Waals surface area contributed by atoms with Crippen LogP contribution in [0.2, 0.25) is 0 Å². The summed E-state index contributed by atoms with van der Waals surface area (Å²) in [5, 5.41) is 7.01. The lowest BCUT2D eigenvalue weighted by molar-refractivity contribution is -0.162. The number of carbonyl (C=O) groups is 2. The number of amides is 2. The van der Waals surface area contributed by atoms with Crippen LogP contribution >= 0.6 is 0 Å². The van der Waals surface area contributed by atoms with Crippen LogP contribution in [0.15, 0.2) is 6.33 Å². The van der Waals surface area contributed by atoms with Crippen molar-refractivity contribution in [1.29, 1.82) is 0 Å². The maximum Gasteiger partial charge on any atom is 0.249 e. The third-order valence-corrected chi connectivity index (χ3v) is 4.80. The maximum absolute atomic E-state index is 13.0. The molecule has 0 unspecified atom stereocenters. The van der Waals surface area contributed by atoms with E-state index in [4.69, 9.17) is 0 Å². The normalized spacial score (nSPS) is 23.7. The Morgan fingerprint density at radius 3 is 2.52 bits per heavy atom. The first-order valence-electron chi connectivity index (χ1n) is 7.34. The van der Waals surface area contributed by atoms with Gasteiger partial charge in [0.05, 0.1) is 6.54 Å². The summed E-state index contributed by atoms with van der Waals surface area (Å²) in [6, 6.07) is 0. The highest BCUT2D eigenvalue weighted by molar-refractivity contribution is 6.02. The molecule has 3 rings (SSSR count). The topological polar surface area (TPSA) is 80.1 Å². The molecule has 1 aliphatic heterocycles. The summed E-state index contributed by atoms with van der Waals surface area (Å²) in [5.41, 5.74) is -1.58. The fourth-order valence-electron chi connectivity index (χ4n) is 3.25. The van der Waals surface area contributed by atoms with Crippen LogP contribution in [0, 0.1) is 0 Å². The second kappa shape index (κ2) is 4.54. The second-order valence-corrected chi connectivity index (χ2v) is 6.49. The van der Waals surface area contributed by atoms with Crippen molar-refractivity contribution in [3.63, 3.8) is 0 Å². The highest BCUT2D eigenvalue weighted by Crippen LogP contribution is 2.37. The molecule has 1 aliphatic carbocycles. The van der Waals surface area contributed by atoms with Crippen molar-refractivity contribution in [2.45, 2.75) is 57.2 Å². The van der Waals surface area contributed by atoms with Crippen molar-refractivity contribution in [2.24, 2.45) is 7.05 Å². The number of carbonyl (C=O) groups excluding carboxylic acids is 2. The Kier molecular flexibility index (Phi) is 3.04. The Balaban J connectivity index is 1.96. The van der Waals surface area contributed by atoms with Gasteiger partial charge >= 0.3 is 0 Å². The molecule has 0 atom stereocenters. The monoisotopic (exact) mass is 291 g/mol. The van der Waals surface area contributed by atoms with Gasteiger partial charge in [-0.15, -0.1) is 0 Å². The number of rotatable bonds is 2. The molecule has 7 heteroatoms. The molecule has 0 radical (unpaired) electrons. The summed E-state index contributed by atoms with van der Waals surface area (Å²) >= 11 is 0. The van der Waals surface area contributed by atoms with Crippen LogP contribution in [0.4, 0.5) is 0 Å². The van der Waals surface area contributed by atoms with Crippen molar-refractivity contribution in [1.82, 2.24) is 25.0 Å². The molecule has 0 aromatic carbocycles. The molecule has 1 N–H and O–H groups in total. The van der Waals surface area contributed by atoms with E-state index < -0.39 is 11.1 Å². The Morgan fingerprint density at radius 2 is 1.95 bits per heavy atom. The van der Waals surface area contributed by atoms with Gasteiger partial charge in [0, 0.05) is 7.05 Å². The van der Waals surface area contributed by atoms with Crippen LogP contribution in [0.3, 0.4) is 0 Å². The fraction of sp³-hybridized carbons (Fsp3) is 0.714. The number of aromatic nitrogens is 3. The Morgan fingerprint density at radius 1 is 1.29 bits per heavy atom. The van der Waals surface area contributed by atoms with Gasteiger partial charge in [0.1, 0.15) is 23.2 Å². The third kappa shape index (κ3) is 2.02. The lowest BCUT2D eigenvalue weighted by atomic mass is 9.86. The van der Waals surface area contributed by atoms with E-state index in [0.29, 0.717) is 12.4 Å². The Bertz CT molecular complexity index is 586. The van der Waals surface area contributed by atoms with Crippen LogP contribution < -0.4 is 5.32 Å². The minimum atomic E-state index is -0.878. The molecule has 7 nitrogen and oxygen atoms in total. The molecule has 2 heterocycles.